The lowest BCUT2D eigenvalue weighted by molar-refractivity contribution is 0.0927. The maximum atomic E-state index is 12.5. The molecule has 2 aromatic rings. The number of hydrogen-bond donors (Lipinski definition) is 2. The van der Waals surface area contributed by atoms with Crippen LogP contribution < -0.4 is 14.8 Å². The van der Waals surface area contributed by atoms with Crippen molar-refractivity contribution >= 4 is 21.6 Å². The minimum absolute atomic E-state index is 0.0976. The first-order chi connectivity index (χ1) is 13.0. The van der Waals surface area contributed by atoms with Gasteiger partial charge in [0.15, 0.2) is 0 Å². The first-order valence-electron chi connectivity index (χ1n) is 8.91. The van der Waals surface area contributed by atoms with Crippen LogP contribution in [0.25, 0.3) is 0 Å². The van der Waals surface area contributed by atoms with Crippen LogP contribution in [-0.4, -0.2) is 32.5 Å². The van der Waals surface area contributed by atoms with Crippen molar-refractivity contribution in [2.24, 2.45) is 0 Å². The van der Waals surface area contributed by atoms with Crippen LogP contribution in [0, 0.1) is 0 Å². The van der Waals surface area contributed by atoms with Gasteiger partial charge in [-0.15, -0.1) is 0 Å². The lowest BCUT2D eigenvalue weighted by atomic mass is 9.95. The number of benzene rings is 1. The molecule has 1 aromatic carbocycles. The number of nitrogens with zero attached hydrogens (tertiary/aromatic N) is 1. The molecular weight excluding hydrogens is 366 g/mol. The number of carbonyl (C=O) groups excluding carboxylic acids is 1. The number of aromatic nitrogens is 1. The van der Waals surface area contributed by atoms with Crippen molar-refractivity contribution in [2.45, 2.75) is 43.0 Å². The summed E-state index contributed by atoms with van der Waals surface area (Å²) < 4.78 is 32.5. The summed E-state index contributed by atoms with van der Waals surface area (Å²) >= 11 is 0. The molecule has 0 spiro atoms. The summed E-state index contributed by atoms with van der Waals surface area (Å²) in [7, 11) is -2.27. The van der Waals surface area contributed by atoms with Crippen molar-refractivity contribution in [3.8, 4) is 5.75 Å². The molecule has 0 atom stereocenters. The molecule has 0 aliphatic heterocycles. The molecule has 7 nitrogen and oxygen atoms in total. The lowest BCUT2D eigenvalue weighted by Gasteiger charge is -2.22. The molecule has 8 heteroatoms. The number of ether oxygens (including phenoxy) is 1. The van der Waals surface area contributed by atoms with Gasteiger partial charge in [-0.1, -0.05) is 19.3 Å². The average molecular weight is 389 g/mol. The molecular formula is C19H23N3O4S. The highest BCUT2D eigenvalue weighted by molar-refractivity contribution is 7.92. The van der Waals surface area contributed by atoms with Gasteiger partial charge in [-0.3, -0.25) is 14.5 Å². The fourth-order valence-corrected chi connectivity index (χ4v) is 4.14. The maximum absolute atomic E-state index is 12.5. The number of sulfonamides is 1. The average Bonchev–Trinajstić information content (AvgIpc) is 2.68. The van der Waals surface area contributed by atoms with Crippen LogP contribution in [-0.2, 0) is 10.0 Å². The van der Waals surface area contributed by atoms with Gasteiger partial charge in [0.2, 0.25) is 0 Å². The number of anilines is 1. The Balaban J connectivity index is 1.71. The van der Waals surface area contributed by atoms with E-state index in [1.54, 1.807) is 12.1 Å². The normalized spacial score (nSPS) is 15.1. The summed E-state index contributed by atoms with van der Waals surface area (Å²) in [4.78, 5) is 16.5. The van der Waals surface area contributed by atoms with E-state index >= 15 is 0 Å². The number of pyridine rings is 1. The SMILES string of the molecule is COc1ccc(S(=O)(=O)Nc2cncc(C(=O)NC3CCCCC3)c2)cc1. The van der Waals surface area contributed by atoms with Gasteiger partial charge in [0.25, 0.3) is 15.9 Å². The van der Waals surface area contributed by atoms with Gasteiger partial charge in [0.05, 0.1) is 29.5 Å². The van der Waals surface area contributed by atoms with Gasteiger partial charge >= 0.3 is 0 Å². The van der Waals surface area contributed by atoms with Gasteiger partial charge in [-0.25, -0.2) is 8.42 Å². The molecule has 1 aromatic heterocycles. The second-order valence-corrected chi connectivity index (χ2v) is 8.23. The zero-order chi connectivity index (χ0) is 19.3. The minimum atomic E-state index is -3.79. The third kappa shape index (κ3) is 4.97. The molecule has 1 heterocycles. The lowest BCUT2D eigenvalue weighted by Crippen LogP contribution is -2.36. The smallest absolute Gasteiger partial charge is 0.261 e. The Labute approximate surface area is 159 Å². The van der Waals surface area contributed by atoms with E-state index in [-0.39, 0.29) is 22.5 Å². The largest absolute Gasteiger partial charge is 0.497 e. The van der Waals surface area contributed by atoms with E-state index in [2.05, 4.69) is 15.0 Å². The van der Waals surface area contributed by atoms with Gasteiger partial charge in [-0.2, -0.15) is 0 Å². The van der Waals surface area contributed by atoms with E-state index in [9.17, 15) is 13.2 Å². The van der Waals surface area contributed by atoms with E-state index < -0.39 is 10.0 Å². The molecule has 1 fully saturated rings. The molecule has 3 rings (SSSR count). The van der Waals surface area contributed by atoms with Gasteiger partial charge in [0, 0.05) is 12.2 Å². The zero-order valence-electron chi connectivity index (χ0n) is 15.1. The highest BCUT2D eigenvalue weighted by atomic mass is 32.2. The first kappa shape index (κ1) is 19.2. The monoisotopic (exact) mass is 389 g/mol. The van der Waals surface area contributed by atoms with Crippen LogP contribution in [0.3, 0.4) is 0 Å². The summed E-state index contributed by atoms with van der Waals surface area (Å²) in [5.41, 5.74) is 0.567. The standard InChI is InChI=1S/C19H23N3O4S/c1-26-17-7-9-18(10-8-17)27(24,25)22-16-11-14(12-20-13-16)19(23)21-15-5-3-2-4-6-15/h7-13,15,22H,2-6H2,1H3,(H,21,23). The molecule has 1 aliphatic carbocycles. The number of carbonyl (C=O) groups is 1. The summed E-state index contributed by atoms with van der Waals surface area (Å²) in [6.45, 7) is 0. The molecule has 0 radical (unpaired) electrons. The predicted molar refractivity (Wildman–Crippen MR) is 102 cm³/mol. The van der Waals surface area contributed by atoms with Crippen molar-refractivity contribution in [1.29, 1.82) is 0 Å². The molecule has 1 saturated carbocycles. The topological polar surface area (TPSA) is 97.4 Å². The molecule has 2 N–H and O–H groups in total. The third-order valence-corrected chi connectivity index (χ3v) is 5.96. The van der Waals surface area contributed by atoms with E-state index in [1.165, 1.54) is 44.1 Å². The molecule has 0 bridgehead atoms. The summed E-state index contributed by atoms with van der Waals surface area (Å²) in [6.07, 6.45) is 8.19. The predicted octanol–water partition coefficient (Wildman–Crippen LogP) is 2.95. The highest BCUT2D eigenvalue weighted by Crippen LogP contribution is 2.20. The summed E-state index contributed by atoms with van der Waals surface area (Å²) in [6, 6.07) is 7.71. The van der Waals surface area contributed by atoms with Crippen LogP contribution in [0.5, 0.6) is 5.75 Å². The van der Waals surface area contributed by atoms with Crippen LogP contribution in [0.4, 0.5) is 5.69 Å². The van der Waals surface area contributed by atoms with E-state index in [1.807, 2.05) is 0 Å². The fourth-order valence-electron chi connectivity index (χ4n) is 3.10. The number of rotatable bonds is 6. The van der Waals surface area contributed by atoms with E-state index in [0.29, 0.717) is 11.3 Å². The summed E-state index contributed by atoms with van der Waals surface area (Å²) in [5.74, 6) is 0.330. The van der Waals surface area contributed by atoms with E-state index in [4.69, 9.17) is 4.74 Å². The van der Waals surface area contributed by atoms with Gasteiger partial charge in [0.1, 0.15) is 5.75 Å². The highest BCUT2D eigenvalue weighted by Gasteiger charge is 2.18. The Morgan fingerprint density at radius 1 is 1.11 bits per heavy atom. The third-order valence-electron chi connectivity index (χ3n) is 4.56. The fraction of sp³-hybridized carbons (Fsp3) is 0.368. The Morgan fingerprint density at radius 2 is 1.81 bits per heavy atom. The second kappa shape index (κ2) is 8.39. The van der Waals surface area contributed by atoms with E-state index in [0.717, 1.165) is 25.7 Å². The Morgan fingerprint density at radius 3 is 2.48 bits per heavy atom. The second-order valence-electron chi connectivity index (χ2n) is 6.55. The van der Waals surface area contributed by atoms with Crippen LogP contribution >= 0.6 is 0 Å². The first-order valence-corrected chi connectivity index (χ1v) is 10.4. The van der Waals surface area contributed by atoms with Crippen molar-refractivity contribution in [3.05, 3.63) is 48.3 Å². The Hall–Kier alpha value is -2.61. The summed E-state index contributed by atoms with van der Waals surface area (Å²) in [5, 5.41) is 3.00. The van der Waals surface area contributed by atoms with Gasteiger partial charge < -0.3 is 10.1 Å². The van der Waals surface area contributed by atoms with Crippen molar-refractivity contribution in [3.63, 3.8) is 0 Å². The minimum Gasteiger partial charge on any atom is -0.497 e. The zero-order valence-corrected chi connectivity index (χ0v) is 16.0. The molecule has 1 aliphatic rings. The number of nitrogens with one attached hydrogen (secondary N) is 2. The molecule has 0 saturated heterocycles. The molecule has 0 unspecified atom stereocenters. The molecule has 1 amide bonds. The number of methoxy groups -OCH3 is 1. The van der Waals surface area contributed by atoms with Gasteiger partial charge in [-0.05, 0) is 43.2 Å². The molecule has 27 heavy (non-hydrogen) atoms. The number of hydrogen-bond acceptors (Lipinski definition) is 5. The Kier molecular flexibility index (Phi) is 5.95. The van der Waals surface area contributed by atoms with Crippen LogP contribution in [0.1, 0.15) is 42.5 Å². The Bertz CT molecular complexity index is 891. The van der Waals surface area contributed by atoms with Crippen molar-refractivity contribution in [1.82, 2.24) is 10.3 Å². The quantitative estimate of drug-likeness (QED) is 0.792. The van der Waals surface area contributed by atoms with Crippen LogP contribution in [0.2, 0.25) is 0 Å². The van der Waals surface area contributed by atoms with Crippen molar-refractivity contribution in [2.75, 3.05) is 11.8 Å². The van der Waals surface area contributed by atoms with Crippen LogP contribution in [0.15, 0.2) is 47.6 Å². The number of amides is 1. The molecule has 144 valence electrons. The maximum Gasteiger partial charge on any atom is 0.261 e. The van der Waals surface area contributed by atoms with Crippen molar-refractivity contribution < 1.29 is 17.9 Å².